The molecule has 1 aromatic rings. The number of nitrogens with zero attached hydrogens (tertiary/aromatic N) is 1. The third-order valence-corrected chi connectivity index (χ3v) is 3.25. The minimum absolute atomic E-state index is 0.0420. The standard InChI is InChI=1S/C11H17N3O4S/c1-9(12-6-7-13-19(2,17)18)10-4-3-5-11(8-10)14(15)16/h3-5,8-9,12-13H,6-7H2,1-2H3. The van der Waals surface area contributed by atoms with Crippen LogP contribution in [0.15, 0.2) is 24.3 Å². The first-order chi connectivity index (χ1) is 8.79. The summed E-state index contributed by atoms with van der Waals surface area (Å²) in [6, 6.07) is 6.25. The van der Waals surface area contributed by atoms with Crippen molar-refractivity contribution >= 4 is 15.7 Å². The summed E-state index contributed by atoms with van der Waals surface area (Å²) in [5.41, 5.74) is 0.828. The van der Waals surface area contributed by atoms with Crippen molar-refractivity contribution < 1.29 is 13.3 Å². The maximum Gasteiger partial charge on any atom is 0.269 e. The fraction of sp³-hybridized carbons (Fsp3) is 0.455. The zero-order valence-electron chi connectivity index (χ0n) is 10.8. The van der Waals surface area contributed by atoms with Gasteiger partial charge in [-0.05, 0) is 12.5 Å². The number of hydrogen-bond acceptors (Lipinski definition) is 5. The van der Waals surface area contributed by atoms with E-state index in [1.54, 1.807) is 12.1 Å². The minimum atomic E-state index is -3.18. The predicted octanol–water partition coefficient (Wildman–Crippen LogP) is 0.795. The number of sulfonamides is 1. The summed E-state index contributed by atoms with van der Waals surface area (Å²) < 4.78 is 24.1. The van der Waals surface area contributed by atoms with E-state index >= 15 is 0 Å². The molecule has 1 aromatic carbocycles. The van der Waals surface area contributed by atoms with Gasteiger partial charge in [-0.3, -0.25) is 10.1 Å². The molecular weight excluding hydrogens is 270 g/mol. The number of nitro benzene ring substituents is 1. The van der Waals surface area contributed by atoms with Crippen LogP contribution >= 0.6 is 0 Å². The summed E-state index contributed by atoms with van der Waals surface area (Å²) in [6.07, 6.45) is 1.09. The lowest BCUT2D eigenvalue weighted by atomic mass is 10.1. The van der Waals surface area contributed by atoms with Gasteiger partial charge in [0.25, 0.3) is 5.69 Å². The Hall–Kier alpha value is -1.51. The van der Waals surface area contributed by atoms with E-state index in [4.69, 9.17) is 0 Å². The molecule has 0 aliphatic carbocycles. The lowest BCUT2D eigenvalue weighted by Gasteiger charge is -2.14. The number of nitro groups is 1. The topological polar surface area (TPSA) is 101 Å². The molecule has 0 aromatic heterocycles. The van der Waals surface area contributed by atoms with Gasteiger partial charge in [0.05, 0.1) is 11.2 Å². The van der Waals surface area contributed by atoms with E-state index in [1.165, 1.54) is 12.1 Å². The van der Waals surface area contributed by atoms with Crippen LogP contribution in [0.5, 0.6) is 0 Å². The highest BCUT2D eigenvalue weighted by Gasteiger charge is 2.10. The first-order valence-corrected chi connectivity index (χ1v) is 7.61. The molecule has 106 valence electrons. The van der Waals surface area contributed by atoms with Gasteiger partial charge in [0.2, 0.25) is 10.0 Å². The molecule has 1 rings (SSSR count). The Labute approximate surface area is 112 Å². The summed E-state index contributed by atoms with van der Waals surface area (Å²) in [4.78, 5) is 10.2. The lowest BCUT2D eigenvalue weighted by molar-refractivity contribution is -0.384. The molecule has 0 saturated heterocycles. The second kappa shape index (κ2) is 6.60. The predicted molar refractivity (Wildman–Crippen MR) is 72.4 cm³/mol. The average molecular weight is 287 g/mol. The van der Waals surface area contributed by atoms with Gasteiger partial charge < -0.3 is 5.32 Å². The maximum atomic E-state index is 10.9. The van der Waals surface area contributed by atoms with Gasteiger partial charge in [-0.25, -0.2) is 13.1 Å². The Bertz CT molecular complexity index is 545. The largest absolute Gasteiger partial charge is 0.309 e. The van der Waals surface area contributed by atoms with Gasteiger partial charge >= 0.3 is 0 Å². The summed E-state index contributed by atoms with van der Waals surface area (Å²) in [6.45, 7) is 2.58. The summed E-state index contributed by atoms with van der Waals surface area (Å²) in [7, 11) is -3.18. The van der Waals surface area contributed by atoms with Crippen molar-refractivity contribution in [2.24, 2.45) is 0 Å². The fourth-order valence-corrected chi connectivity index (χ4v) is 2.02. The Kier molecular flexibility index (Phi) is 5.40. The molecule has 0 spiro atoms. The molecule has 7 nitrogen and oxygen atoms in total. The van der Waals surface area contributed by atoms with Crippen molar-refractivity contribution in [3.63, 3.8) is 0 Å². The third-order valence-electron chi connectivity index (χ3n) is 2.52. The van der Waals surface area contributed by atoms with E-state index in [9.17, 15) is 18.5 Å². The van der Waals surface area contributed by atoms with Gasteiger partial charge in [0.1, 0.15) is 0 Å². The van der Waals surface area contributed by atoms with Crippen molar-refractivity contribution in [3.8, 4) is 0 Å². The van der Waals surface area contributed by atoms with Crippen LogP contribution in [0.3, 0.4) is 0 Å². The Morgan fingerprint density at radius 1 is 1.37 bits per heavy atom. The zero-order valence-corrected chi connectivity index (χ0v) is 11.6. The van der Waals surface area contributed by atoms with Crippen LogP contribution in [0.2, 0.25) is 0 Å². The van der Waals surface area contributed by atoms with Gasteiger partial charge in [-0.1, -0.05) is 12.1 Å². The molecule has 0 saturated carbocycles. The molecule has 0 aliphatic heterocycles. The molecule has 1 unspecified atom stereocenters. The molecule has 8 heteroatoms. The highest BCUT2D eigenvalue weighted by atomic mass is 32.2. The molecule has 0 radical (unpaired) electrons. The molecule has 0 fully saturated rings. The monoisotopic (exact) mass is 287 g/mol. The van der Waals surface area contributed by atoms with Crippen molar-refractivity contribution in [1.29, 1.82) is 0 Å². The Morgan fingerprint density at radius 3 is 2.63 bits per heavy atom. The van der Waals surface area contributed by atoms with E-state index < -0.39 is 14.9 Å². The fourth-order valence-electron chi connectivity index (χ4n) is 1.55. The second-order valence-electron chi connectivity index (χ2n) is 4.19. The van der Waals surface area contributed by atoms with Crippen LogP contribution in [0.1, 0.15) is 18.5 Å². The van der Waals surface area contributed by atoms with Crippen molar-refractivity contribution in [3.05, 3.63) is 39.9 Å². The van der Waals surface area contributed by atoms with E-state index in [-0.39, 0.29) is 18.3 Å². The van der Waals surface area contributed by atoms with Crippen LogP contribution < -0.4 is 10.0 Å². The number of benzene rings is 1. The molecule has 0 aliphatic rings. The molecule has 2 N–H and O–H groups in total. The molecule has 0 heterocycles. The first kappa shape index (κ1) is 15.5. The molecular formula is C11H17N3O4S. The number of nitrogens with one attached hydrogen (secondary N) is 2. The van der Waals surface area contributed by atoms with E-state index in [0.29, 0.717) is 6.54 Å². The van der Waals surface area contributed by atoms with Gasteiger partial charge in [-0.2, -0.15) is 0 Å². The molecule has 0 amide bonds. The normalized spacial score (nSPS) is 13.2. The number of non-ortho nitro benzene ring substituents is 1. The van der Waals surface area contributed by atoms with Crippen LogP contribution in [0, 0.1) is 10.1 Å². The average Bonchev–Trinajstić information content (AvgIpc) is 2.33. The second-order valence-corrected chi connectivity index (χ2v) is 6.03. The Morgan fingerprint density at radius 2 is 2.05 bits per heavy atom. The lowest BCUT2D eigenvalue weighted by Crippen LogP contribution is -2.32. The molecule has 0 bridgehead atoms. The van der Waals surface area contributed by atoms with Crippen LogP contribution in [-0.4, -0.2) is 32.7 Å². The van der Waals surface area contributed by atoms with E-state index in [2.05, 4.69) is 10.0 Å². The van der Waals surface area contributed by atoms with Crippen molar-refractivity contribution in [2.75, 3.05) is 19.3 Å². The minimum Gasteiger partial charge on any atom is -0.309 e. The first-order valence-electron chi connectivity index (χ1n) is 5.72. The van der Waals surface area contributed by atoms with Crippen LogP contribution in [0.4, 0.5) is 5.69 Å². The van der Waals surface area contributed by atoms with Gasteiger partial charge in [0, 0.05) is 31.3 Å². The zero-order chi connectivity index (χ0) is 14.5. The van der Waals surface area contributed by atoms with Gasteiger partial charge in [0.15, 0.2) is 0 Å². The van der Waals surface area contributed by atoms with Crippen molar-refractivity contribution in [2.45, 2.75) is 13.0 Å². The van der Waals surface area contributed by atoms with E-state index in [1.807, 2.05) is 6.92 Å². The summed E-state index contributed by atoms with van der Waals surface area (Å²) in [5.74, 6) is 0. The van der Waals surface area contributed by atoms with Crippen molar-refractivity contribution in [1.82, 2.24) is 10.0 Å². The molecule has 19 heavy (non-hydrogen) atoms. The Balaban J connectivity index is 2.52. The summed E-state index contributed by atoms with van der Waals surface area (Å²) >= 11 is 0. The highest BCUT2D eigenvalue weighted by Crippen LogP contribution is 2.18. The number of rotatable bonds is 7. The smallest absolute Gasteiger partial charge is 0.269 e. The highest BCUT2D eigenvalue weighted by molar-refractivity contribution is 7.88. The number of hydrogen-bond donors (Lipinski definition) is 2. The third kappa shape index (κ3) is 5.77. The van der Waals surface area contributed by atoms with E-state index in [0.717, 1.165) is 11.8 Å². The summed E-state index contributed by atoms with van der Waals surface area (Å²) in [5, 5.41) is 13.7. The van der Waals surface area contributed by atoms with Crippen LogP contribution in [0.25, 0.3) is 0 Å². The SMILES string of the molecule is CC(NCCNS(C)(=O)=O)c1cccc([N+](=O)[O-])c1. The maximum absolute atomic E-state index is 10.9. The quantitative estimate of drug-likeness (QED) is 0.438. The van der Waals surface area contributed by atoms with Gasteiger partial charge in [-0.15, -0.1) is 0 Å². The molecule has 1 atom stereocenters. The van der Waals surface area contributed by atoms with Crippen LogP contribution in [-0.2, 0) is 10.0 Å².